The highest BCUT2D eigenvalue weighted by atomic mass is 16.5. The summed E-state index contributed by atoms with van der Waals surface area (Å²) in [5.41, 5.74) is 5.91. The number of nitrogens with two attached hydrogens (primary N) is 1. The first-order chi connectivity index (χ1) is 6.70. The molecule has 3 nitrogen and oxygen atoms in total. The monoisotopic (exact) mass is 200 g/mol. The number of ether oxygens (including phenoxy) is 1. The van der Waals surface area contributed by atoms with E-state index in [9.17, 15) is 0 Å². The first-order valence-corrected chi connectivity index (χ1v) is 5.61. The van der Waals surface area contributed by atoms with E-state index in [-0.39, 0.29) is 0 Å². The highest BCUT2D eigenvalue weighted by molar-refractivity contribution is 4.82. The van der Waals surface area contributed by atoms with Crippen molar-refractivity contribution in [3.05, 3.63) is 0 Å². The lowest BCUT2D eigenvalue weighted by molar-refractivity contribution is 0.0344. The van der Waals surface area contributed by atoms with Gasteiger partial charge >= 0.3 is 0 Å². The third kappa shape index (κ3) is 3.56. The van der Waals surface area contributed by atoms with Crippen molar-refractivity contribution in [2.45, 2.75) is 26.2 Å². The van der Waals surface area contributed by atoms with Gasteiger partial charge in [-0.25, -0.2) is 0 Å². The maximum absolute atomic E-state index is 5.50. The molecule has 1 rings (SSSR count). The van der Waals surface area contributed by atoms with Crippen molar-refractivity contribution in [1.29, 1.82) is 0 Å². The highest BCUT2D eigenvalue weighted by Gasteiger charge is 2.29. The minimum atomic E-state index is 0.411. The third-order valence-corrected chi connectivity index (χ3v) is 3.23. The summed E-state index contributed by atoms with van der Waals surface area (Å²) < 4.78 is 5.26. The molecule has 0 bridgehead atoms. The van der Waals surface area contributed by atoms with E-state index in [4.69, 9.17) is 10.5 Å². The minimum Gasteiger partial charge on any atom is -0.384 e. The van der Waals surface area contributed by atoms with Crippen LogP contribution in [0.1, 0.15) is 26.2 Å². The molecule has 0 spiro atoms. The molecule has 1 saturated heterocycles. The molecule has 0 unspecified atom stereocenters. The molecule has 0 saturated carbocycles. The molecule has 1 heterocycles. The van der Waals surface area contributed by atoms with Crippen LogP contribution in [-0.4, -0.2) is 44.8 Å². The molecule has 1 fully saturated rings. The first kappa shape index (κ1) is 12.0. The van der Waals surface area contributed by atoms with Crippen LogP contribution in [0.4, 0.5) is 0 Å². The van der Waals surface area contributed by atoms with Gasteiger partial charge in [0.25, 0.3) is 0 Å². The van der Waals surface area contributed by atoms with Gasteiger partial charge in [0, 0.05) is 7.11 Å². The predicted octanol–water partition coefficient (Wildman–Crippen LogP) is 1.08. The molecule has 14 heavy (non-hydrogen) atoms. The van der Waals surface area contributed by atoms with Crippen LogP contribution in [-0.2, 0) is 4.74 Å². The molecule has 0 aromatic carbocycles. The van der Waals surface area contributed by atoms with Crippen molar-refractivity contribution in [2.24, 2.45) is 11.1 Å². The number of rotatable bonds is 5. The maximum atomic E-state index is 5.50. The van der Waals surface area contributed by atoms with Gasteiger partial charge in [0.2, 0.25) is 0 Å². The van der Waals surface area contributed by atoms with Crippen LogP contribution in [0.25, 0.3) is 0 Å². The Morgan fingerprint density at radius 3 is 2.50 bits per heavy atom. The highest BCUT2D eigenvalue weighted by Crippen LogP contribution is 2.30. The Kier molecular flexibility index (Phi) is 4.85. The second-order valence-corrected chi connectivity index (χ2v) is 4.73. The van der Waals surface area contributed by atoms with E-state index in [0.29, 0.717) is 5.41 Å². The van der Waals surface area contributed by atoms with E-state index in [0.717, 1.165) is 19.6 Å². The molecule has 0 radical (unpaired) electrons. The molecule has 2 N–H and O–H groups in total. The molecule has 0 aromatic heterocycles. The predicted molar refractivity (Wildman–Crippen MR) is 59.3 cm³/mol. The minimum absolute atomic E-state index is 0.411. The van der Waals surface area contributed by atoms with Gasteiger partial charge in [0.1, 0.15) is 0 Å². The maximum Gasteiger partial charge on any atom is 0.0516 e. The Bertz CT molecular complexity index is 153. The summed E-state index contributed by atoms with van der Waals surface area (Å²) in [7, 11) is 1.80. The second-order valence-electron chi connectivity index (χ2n) is 4.73. The summed E-state index contributed by atoms with van der Waals surface area (Å²) in [6.07, 6.45) is 3.64. The zero-order valence-corrected chi connectivity index (χ0v) is 9.59. The van der Waals surface area contributed by atoms with Crippen molar-refractivity contribution >= 4 is 0 Å². The van der Waals surface area contributed by atoms with Crippen molar-refractivity contribution in [3.63, 3.8) is 0 Å². The lowest BCUT2D eigenvalue weighted by Crippen LogP contribution is -2.41. The number of hydrogen-bond donors (Lipinski definition) is 1. The fourth-order valence-corrected chi connectivity index (χ4v) is 2.12. The van der Waals surface area contributed by atoms with Gasteiger partial charge in [-0.3, -0.25) is 0 Å². The fraction of sp³-hybridized carbons (Fsp3) is 1.00. The van der Waals surface area contributed by atoms with Crippen molar-refractivity contribution < 1.29 is 4.74 Å². The normalized spacial score (nSPS) is 22.5. The number of piperidine rings is 1. The molecule has 84 valence electrons. The summed E-state index contributed by atoms with van der Waals surface area (Å²) in [6.45, 7) is 7.62. The lowest BCUT2D eigenvalue weighted by Gasteiger charge is -2.38. The third-order valence-electron chi connectivity index (χ3n) is 3.23. The largest absolute Gasteiger partial charge is 0.384 e. The molecule has 0 aromatic rings. The van der Waals surface area contributed by atoms with Crippen LogP contribution in [0.5, 0.6) is 0 Å². The fourth-order valence-electron chi connectivity index (χ4n) is 2.12. The Labute approximate surface area is 87.6 Å². The summed E-state index contributed by atoms with van der Waals surface area (Å²) in [5, 5.41) is 0. The SMILES string of the molecule is COCC1(C)CCN(CCCN)CC1. The van der Waals surface area contributed by atoms with Crippen LogP contribution in [0.3, 0.4) is 0 Å². The Hall–Kier alpha value is -0.120. The van der Waals surface area contributed by atoms with E-state index in [1.165, 1.54) is 32.5 Å². The van der Waals surface area contributed by atoms with Crippen LogP contribution in [0, 0.1) is 5.41 Å². The Morgan fingerprint density at radius 2 is 2.00 bits per heavy atom. The molecule has 3 heteroatoms. The van der Waals surface area contributed by atoms with Crippen molar-refractivity contribution in [3.8, 4) is 0 Å². The zero-order chi connectivity index (χ0) is 10.4. The van der Waals surface area contributed by atoms with Gasteiger partial charge in [-0.2, -0.15) is 0 Å². The van der Waals surface area contributed by atoms with Crippen molar-refractivity contribution in [2.75, 3.05) is 39.9 Å². The van der Waals surface area contributed by atoms with E-state index in [1.807, 2.05) is 0 Å². The summed E-state index contributed by atoms with van der Waals surface area (Å²) in [5.74, 6) is 0. The summed E-state index contributed by atoms with van der Waals surface area (Å²) >= 11 is 0. The number of hydrogen-bond acceptors (Lipinski definition) is 3. The molecular formula is C11H24N2O. The van der Waals surface area contributed by atoms with Gasteiger partial charge < -0.3 is 15.4 Å². The molecule has 0 atom stereocenters. The van der Waals surface area contributed by atoms with E-state index < -0.39 is 0 Å². The van der Waals surface area contributed by atoms with Gasteiger partial charge in [-0.15, -0.1) is 0 Å². The summed E-state index contributed by atoms with van der Waals surface area (Å²) in [4.78, 5) is 2.52. The van der Waals surface area contributed by atoms with Gasteiger partial charge in [0.15, 0.2) is 0 Å². The molecular weight excluding hydrogens is 176 g/mol. The number of methoxy groups -OCH3 is 1. The first-order valence-electron chi connectivity index (χ1n) is 5.61. The topological polar surface area (TPSA) is 38.5 Å². The second kappa shape index (κ2) is 5.69. The molecule has 1 aliphatic heterocycles. The number of likely N-dealkylation sites (tertiary alicyclic amines) is 1. The van der Waals surface area contributed by atoms with Crippen LogP contribution < -0.4 is 5.73 Å². The van der Waals surface area contributed by atoms with E-state index >= 15 is 0 Å². The van der Waals surface area contributed by atoms with E-state index in [1.54, 1.807) is 7.11 Å². The van der Waals surface area contributed by atoms with Gasteiger partial charge in [0.05, 0.1) is 6.61 Å². The van der Waals surface area contributed by atoms with Crippen molar-refractivity contribution in [1.82, 2.24) is 4.90 Å². The zero-order valence-electron chi connectivity index (χ0n) is 9.59. The van der Waals surface area contributed by atoms with Crippen LogP contribution in [0.2, 0.25) is 0 Å². The van der Waals surface area contributed by atoms with E-state index in [2.05, 4.69) is 11.8 Å². The number of nitrogens with zero attached hydrogens (tertiary/aromatic N) is 1. The lowest BCUT2D eigenvalue weighted by atomic mass is 9.81. The Morgan fingerprint density at radius 1 is 1.36 bits per heavy atom. The Balaban J connectivity index is 2.23. The average molecular weight is 200 g/mol. The van der Waals surface area contributed by atoms with Crippen LogP contribution >= 0.6 is 0 Å². The van der Waals surface area contributed by atoms with Gasteiger partial charge in [-0.05, 0) is 50.9 Å². The van der Waals surface area contributed by atoms with Crippen LogP contribution in [0.15, 0.2) is 0 Å². The quantitative estimate of drug-likeness (QED) is 0.722. The molecule has 0 amide bonds. The molecule has 0 aliphatic carbocycles. The van der Waals surface area contributed by atoms with Gasteiger partial charge in [-0.1, -0.05) is 6.92 Å². The molecule has 1 aliphatic rings. The average Bonchev–Trinajstić information content (AvgIpc) is 2.17. The smallest absolute Gasteiger partial charge is 0.0516 e. The summed E-state index contributed by atoms with van der Waals surface area (Å²) in [6, 6.07) is 0. The standard InChI is InChI=1S/C11H24N2O/c1-11(10-14-2)4-8-13(9-5-11)7-3-6-12/h3-10,12H2,1-2H3.